The maximum Gasteiger partial charge on any atom is 0.193 e. The molecule has 0 bridgehead atoms. The third-order valence-corrected chi connectivity index (χ3v) is 3.95. The highest BCUT2D eigenvalue weighted by atomic mass is 127. The summed E-state index contributed by atoms with van der Waals surface area (Å²) in [4.78, 5) is 4.09. The van der Waals surface area contributed by atoms with Gasteiger partial charge in [0.25, 0.3) is 0 Å². The van der Waals surface area contributed by atoms with E-state index in [0.717, 1.165) is 11.3 Å². The Bertz CT molecular complexity index is 712. The number of aliphatic hydroxyl groups excluding tert-OH is 1. The van der Waals surface area contributed by atoms with Crippen LogP contribution in [0.1, 0.15) is 5.56 Å². The van der Waals surface area contributed by atoms with E-state index < -0.39 is 6.10 Å². The smallest absolute Gasteiger partial charge is 0.193 e. The fourth-order valence-electron chi connectivity index (χ4n) is 1.86. The molecule has 0 amide bonds. The molecule has 0 aliphatic heterocycles. The summed E-state index contributed by atoms with van der Waals surface area (Å²) < 4.78 is 5.45. The molecule has 8 heteroatoms. The molecule has 0 aliphatic rings. The summed E-state index contributed by atoms with van der Waals surface area (Å²) in [6.07, 6.45) is -0.821. The first-order chi connectivity index (χ1) is 11.5. The van der Waals surface area contributed by atoms with Crippen molar-refractivity contribution in [3.05, 3.63) is 58.1 Å². The summed E-state index contributed by atoms with van der Waals surface area (Å²) in [5, 5.41) is 13.6. The van der Waals surface area contributed by atoms with Crippen LogP contribution in [0.2, 0.25) is 10.0 Å². The molecule has 136 valence electrons. The van der Waals surface area contributed by atoms with Gasteiger partial charge in [-0.05, 0) is 31.2 Å². The Balaban J connectivity index is 0.00000312. The summed E-state index contributed by atoms with van der Waals surface area (Å²) in [7, 11) is 0. The minimum atomic E-state index is -0.821. The van der Waals surface area contributed by atoms with Crippen molar-refractivity contribution in [3.8, 4) is 5.75 Å². The normalized spacial score (nSPS) is 12.2. The van der Waals surface area contributed by atoms with E-state index >= 15 is 0 Å². The molecule has 0 aliphatic carbocycles. The predicted molar refractivity (Wildman–Crippen MR) is 115 cm³/mol. The fourth-order valence-corrected chi connectivity index (χ4v) is 2.21. The summed E-state index contributed by atoms with van der Waals surface area (Å²) in [5.41, 5.74) is 7.78. The predicted octanol–water partition coefficient (Wildman–Crippen LogP) is 4.09. The number of halogens is 3. The molecule has 0 radical (unpaired) electrons. The summed E-state index contributed by atoms with van der Waals surface area (Å²) in [6, 6.07) is 12.8. The molecule has 0 aromatic heterocycles. The largest absolute Gasteiger partial charge is 0.489 e. The van der Waals surface area contributed by atoms with Crippen molar-refractivity contribution in [1.29, 1.82) is 0 Å². The molecule has 1 unspecified atom stereocenters. The SMILES string of the molecule is Cc1ccc(NC(N)=NCC(O)COc2cccc(Cl)c2Cl)cc1.I. The van der Waals surface area contributed by atoms with Gasteiger partial charge in [-0.25, -0.2) is 0 Å². The number of aliphatic imine (C=N–C) groups is 1. The third-order valence-electron chi connectivity index (χ3n) is 3.14. The molecule has 2 aromatic rings. The molecular weight excluding hydrogens is 476 g/mol. The average molecular weight is 496 g/mol. The van der Waals surface area contributed by atoms with Gasteiger partial charge >= 0.3 is 0 Å². The molecule has 0 saturated heterocycles. The fraction of sp³-hybridized carbons (Fsp3) is 0.235. The molecule has 25 heavy (non-hydrogen) atoms. The Labute approximate surface area is 174 Å². The van der Waals surface area contributed by atoms with Crippen LogP contribution in [0.4, 0.5) is 5.69 Å². The van der Waals surface area contributed by atoms with E-state index in [2.05, 4.69) is 10.3 Å². The van der Waals surface area contributed by atoms with Crippen LogP contribution < -0.4 is 15.8 Å². The topological polar surface area (TPSA) is 79.9 Å². The number of benzene rings is 2. The van der Waals surface area contributed by atoms with E-state index in [1.54, 1.807) is 18.2 Å². The zero-order valence-corrected chi connectivity index (χ0v) is 17.4. The van der Waals surface area contributed by atoms with Crippen LogP contribution in [0.15, 0.2) is 47.5 Å². The number of aryl methyl sites for hydroxylation is 1. The van der Waals surface area contributed by atoms with E-state index in [1.165, 1.54) is 0 Å². The van der Waals surface area contributed by atoms with Crippen molar-refractivity contribution in [3.63, 3.8) is 0 Å². The Morgan fingerprint density at radius 3 is 2.60 bits per heavy atom. The van der Waals surface area contributed by atoms with Gasteiger partial charge in [0, 0.05) is 5.69 Å². The molecule has 0 saturated carbocycles. The molecule has 0 fully saturated rings. The maximum absolute atomic E-state index is 9.93. The number of ether oxygens (including phenoxy) is 1. The van der Waals surface area contributed by atoms with Crippen molar-refractivity contribution in [2.75, 3.05) is 18.5 Å². The van der Waals surface area contributed by atoms with Crippen LogP contribution in [0, 0.1) is 6.92 Å². The number of nitrogens with two attached hydrogens (primary N) is 1. The van der Waals surface area contributed by atoms with E-state index in [9.17, 15) is 5.11 Å². The second kappa shape index (κ2) is 10.7. The number of hydrogen-bond acceptors (Lipinski definition) is 3. The van der Waals surface area contributed by atoms with Gasteiger partial charge in [-0.15, -0.1) is 24.0 Å². The zero-order chi connectivity index (χ0) is 17.5. The molecule has 2 rings (SSSR count). The Morgan fingerprint density at radius 2 is 1.92 bits per heavy atom. The molecule has 4 N–H and O–H groups in total. The summed E-state index contributed by atoms with van der Waals surface area (Å²) in [5.74, 6) is 0.636. The van der Waals surface area contributed by atoms with E-state index in [1.807, 2.05) is 31.2 Å². The van der Waals surface area contributed by atoms with Crippen molar-refractivity contribution in [2.24, 2.45) is 10.7 Å². The lowest BCUT2D eigenvalue weighted by molar-refractivity contribution is 0.114. The highest BCUT2D eigenvalue weighted by molar-refractivity contribution is 14.0. The average Bonchev–Trinajstić information content (AvgIpc) is 2.56. The molecule has 1 atom stereocenters. The number of rotatable bonds is 6. The van der Waals surface area contributed by atoms with Gasteiger partial charge in [0.1, 0.15) is 23.5 Å². The Morgan fingerprint density at radius 1 is 1.24 bits per heavy atom. The first kappa shape index (κ1) is 21.8. The quantitative estimate of drug-likeness (QED) is 0.320. The number of aliphatic hydroxyl groups is 1. The number of nitrogens with zero attached hydrogens (tertiary/aromatic N) is 1. The van der Waals surface area contributed by atoms with E-state index in [0.29, 0.717) is 15.8 Å². The Hall–Kier alpha value is -1.22. The molecule has 0 heterocycles. The van der Waals surface area contributed by atoms with E-state index in [4.69, 9.17) is 33.7 Å². The minimum absolute atomic E-state index is 0. The highest BCUT2D eigenvalue weighted by Crippen LogP contribution is 2.31. The monoisotopic (exact) mass is 495 g/mol. The standard InChI is InChI=1S/C17H19Cl2N3O2.HI/c1-11-5-7-12(8-6-11)22-17(20)21-9-13(23)10-24-15-4-2-3-14(18)16(15)19;/h2-8,13,23H,9-10H2,1H3,(H3,20,21,22);1H. The van der Waals surface area contributed by atoms with Gasteiger partial charge in [-0.2, -0.15) is 0 Å². The lowest BCUT2D eigenvalue weighted by Crippen LogP contribution is -2.27. The molecule has 5 nitrogen and oxygen atoms in total. The van der Waals surface area contributed by atoms with Crippen molar-refractivity contribution in [2.45, 2.75) is 13.0 Å². The van der Waals surface area contributed by atoms with Crippen LogP contribution in [-0.2, 0) is 0 Å². The van der Waals surface area contributed by atoms with Crippen LogP contribution in [0.5, 0.6) is 5.75 Å². The van der Waals surface area contributed by atoms with Crippen LogP contribution in [0.3, 0.4) is 0 Å². The molecular formula is C17H20Cl2IN3O2. The van der Waals surface area contributed by atoms with Gasteiger partial charge < -0.3 is 20.9 Å². The lowest BCUT2D eigenvalue weighted by Gasteiger charge is -2.12. The first-order valence-corrected chi connectivity index (χ1v) is 8.10. The number of hydrogen-bond donors (Lipinski definition) is 3. The second-order valence-corrected chi connectivity index (χ2v) is 6.02. The van der Waals surface area contributed by atoms with Crippen molar-refractivity contribution >= 4 is 58.8 Å². The highest BCUT2D eigenvalue weighted by Gasteiger charge is 2.09. The number of anilines is 1. The van der Waals surface area contributed by atoms with Crippen LogP contribution in [0.25, 0.3) is 0 Å². The van der Waals surface area contributed by atoms with Gasteiger partial charge in [-0.3, -0.25) is 4.99 Å². The van der Waals surface area contributed by atoms with Crippen LogP contribution in [-0.4, -0.2) is 30.3 Å². The third kappa shape index (κ3) is 7.27. The Kier molecular flexibility index (Phi) is 9.34. The van der Waals surface area contributed by atoms with Crippen molar-refractivity contribution in [1.82, 2.24) is 0 Å². The maximum atomic E-state index is 9.93. The van der Waals surface area contributed by atoms with Gasteiger partial charge in [0.15, 0.2) is 5.96 Å². The van der Waals surface area contributed by atoms with Gasteiger partial charge in [0.2, 0.25) is 0 Å². The van der Waals surface area contributed by atoms with E-state index in [-0.39, 0.29) is 43.1 Å². The molecule has 0 spiro atoms. The van der Waals surface area contributed by atoms with Crippen LogP contribution >= 0.6 is 47.2 Å². The molecule has 2 aromatic carbocycles. The number of nitrogens with one attached hydrogen (secondary N) is 1. The first-order valence-electron chi connectivity index (χ1n) is 7.34. The minimum Gasteiger partial charge on any atom is -0.489 e. The van der Waals surface area contributed by atoms with Crippen molar-refractivity contribution < 1.29 is 9.84 Å². The van der Waals surface area contributed by atoms with Gasteiger partial charge in [0.05, 0.1) is 11.6 Å². The number of guanidine groups is 1. The lowest BCUT2D eigenvalue weighted by atomic mass is 10.2. The van der Waals surface area contributed by atoms with Gasteiger partial charge in [-0.1, -0.05) is 47.0 Å². The second-order valence-electron chi connectivity index (χ2n) is 5.23. The summed E-state index contributed by atoms with van der Waals surface area (Å²) in [6.45, 7) is 2.13. The zero-order valence-electron chi connectivity index (χ0n) is 13.6. The summed E-state index contributed by atoms with van der Waals surface area (Å²) >= 11 is 11.9.